The van der Waals surface area contributed by atoms with Crippen molar-refractivity contribution in [3.8, 4) is 0 Å². The van der Waals surface area contributed by atoms with E-state index in [-0.39, 0.29) is 12.6 Å². The van der Waals surface area contributed by atoms with E-state index >= 15 is 0 Å². The molecule has 0 saturated carbocycles. The van der Waals surface area contributed by atoms with E-state index in [1.807, 2.05) is 47.6 Å². The fraction of sp³-hybridized carbons (Fsp3) is 0.682. The highest BCUT2D eigenvalue weighted by Crippen LogP contribution is 2.46. The van der Waals surface area contributed by atoms with Crippen molar-refractivity contribution in [1.82, 2.24) is 0 Å². The summed E-state index contributed by atoms with van der Waals surface area (Å²) in [5.41, 5.74) is 0.801. The quantitative estimate of drug-likeness (QED) is 0.508. The van der Waals surface area contributed by atoms with Crippen molar-refractivity contribution < 1.29 is 28.5 Å². The Bertz CT molecular complexity index is 719. The highest BCUT2D eigenvalue weighted by molar-refractivity contribution is 6.04. The van der Waals surface area contributed by atoms with Crippen LogP contribution in [0, 0.1) is 19.8 Å². The summed E-state index contributed by atoms with van der Waals surface area (Å²) in [5, 5.41) is 11.7. The Kier molecular flexibility index (Phi) is 7.62. The highest BCUT2D eigenvalue weighted by atomic mass is 16.7. The van der Waals surface area contributed by atoms with Crippen molar-refractivity contribution in [3.63, 3.8) is 0 Å². The summed E-state index contributed by atoms with van der Waals surface area (Å²) < 4.78 is 22.2. The first kappa shape index (κ1) is 22.8. The van der Waals surface area contributed by atoms with E-state index in [2.05, 4.69) is 0 Å². The van der Waals surface area contributed by atoms with Gasteiger partial charge < -0.3 is 23.7 Å². The molecule has 0 amide bonds. The summed E-state index contributed by atoms with van der Waals surface area (Å²) in [6.45, 7) is 12.3. The average Bonchev–Trinajstić information content (AvgIpc) is 3.00. The van der Waals surface area contributed by atoms with Crippen LogP contribution in [0.4, 0.5) is 0 Å². The van der Waals surface area contributed by atoms with Gasteiger partial charge in [-0.1, -0.05) is 20.8 Å². The molecule has 4 atom stereocenters. The number of ether oxygens (including phenoxy) is 3. The highest BCUT2D eigenvalue weighted by Gasteiger charge is 2.55. The molecule has 0 spiro atoms. The minimum absolute atomic E-state index is 0.0737. The number of rotatable bonds is 9. The summed E-state index contributed by atoms with van der Waals surface area (Å²) in [7, 11) is 1.61. The molecule has 1 aromatic heterocycles. The summed E-state index contributed by atoms with van der Waals surface area (Å²) >= 11 is 0. The van der Waals surface area contributed by atoms with Gasteiger partial charge in [-0.3, -0.25) is 4.79 Å². The third kappa shape index (κ3) is 4.10. The normalized spacial score (nSPS) is 26.8. The van der Waals surface area contributed by atoms with Gasteiger partial charge in [0.15, 0.2) is 5.78 Å². The van der Waals surface area contributed by atoms with E-state index in [0.29, 0.717) is 31.0 Å². The maximum atomic E-state index is 13.3. The summed E-state index contributed by atoms with van der Waals surface area (Å²) in [5.74, 6) is 0.215. The Hall–Kier alpha value is -1.47. The van der Waals surface area contributed by atoms with Crippen molar-refractivity contribution in [3.05, 3.63) is 34.3 Å². The van der Waals surface area contributed by atoms with E-state index in [1.165, 1.54) is 0 Å². The second-order valence-corrected chi connectivity index (χ2v) is 7.69. The summed E-state index contributed by atoms with van der Waals surface area (Å²) in [4.78, 5) is 13.3. The zero-order valence-electron chi connectivity index (χ0n) is 18.1. The van der Waals surface area contributed by atoms with Crippen molar-refractivity contribution >= 4 is 5.78 Å². The van der Waals surface area contributed by atoms with Gasteiger partial charge in [0.1, 0.15) is 23.9 Å². The van der Waals surface area contributed by atoms with E-state index in [9.17, 15) is 9.90 Å². The van der Waals surface area contributed by atoms with Crippen molar-refractivity contribution in [1.29, 1.82) is 0 Å². The first-order valence-electron chi connectivity index (χ1n) is 9.92. The molecule has 0 aliphatic heterocycles. The van der Waals surface area contributed by atoms with Crippen LogP contribution in [0.2, 0.25) is 0 Å². The smallest absolute Gasteiger partial charge is 0.191 e. The van der Waals surface area contributed by atoms with Crippen LogP contribution in [-0.4, -0.2) is 49.7 Å². The van der Waals surface area contributed by atoms with E-state index < -0.39 is 23.5 Å². The maximum Gasteiger partial charge on any atom is 0.191 e. The molecule has 2 rings (SSSR count). The van der Waals surface area contributed by atoms with Gasteiger partial charge >= 0.3 is 0 Å². The zero-order valence-corrected chi connectivity index (χ0v) is 18.1. The van der Waals surface area contributed by atoms with Crippen LogP contribution in [0.25, 0.3) is 0 Å². The number of Topliss-reactive ketones (excluding diaryl/α,β-unsaturated/α-hetero) is 1. The second kappa shape index (κ2) is 9.35. The van der Waals surface area contributed by atoms with Gasteiger partial charge in [0.25, 0.3) is 0 Å². The van der Waals surface area contributed by atoms with Crippen molar-refractivity contribution in [2.75, 3.05) is 27.1 Å². The first-order chi connectivity index (χ1) is 13.2. The molecule has 0 fully saturated rings. The van der Waals surface area contributed by atoms with Gasteiger partial charge in [-0.25, -0.2) is 0 Å². The Labute approximate surface area is 167 Å². The summed E-state index contributed by atoms with van der Waals surface area (Å²) in [6, 6.07) is 1.92. The fourth-order valence-electron chi connectivity index (χ4n) is 4.32. The molecule has 0 aromatic carbocycles. The molecule has 158 valence electrons. The van der Waals surface area contributed by atoms with Gasteiger partial charge in [0.2, 0.25) is 0 Å². The number of ketones is 1. The number of carbonyl (C=O) groups excluding carboxylic acids is 1. The van der Waals surface area contributed by atoms with Crippen LogP contribution in [0.3, 0.4) is 0 Å². The minimum atomic E-state index is -1.61. The predicted octanol–water partition coefficient (Wildman–Crippen LogP) is 3.68. The lowest BCUT2D eigenvalue weighted by atomic mass is 9.64. The lowest BCUT2D eigenvalue weighted by Crippen LogP contribution is -2.57. The molecule has 0 unspecified atom stereocenters. The molecule has 6 heteroatoms. The van der Waals surface area contributed by atoms with Crippen LogP contribution in [-0.2, 0) is 19.0 Å². The Balaban J connectivity index is 2.35. The zero-order chi connectivity index (χ0) is 21.1. The SMILES string of the molecule is CCC1=C(C)[C@H](OCOCCOC)[C@@H](C)[C@@](O)([C@@H](C)c2oc(C)cc2C)C1=O. The van der Waals surface area contributed by atoms with Crippen molar-refractivity contribution in [2.24, 2.45) is 5.92 Å². The Morgan fingerprint density at radius 1 is 1.29 bits per heavy atom. The number of aliphatic hydroxyl groups is 1. The lowest BCUT2D eigenvalue weighted by Gasteiger charge is -2.45. The lowest BCUT2D eigenvalue weighted by molar-refractivity contribution is -0.164. The third-order valence-corrected chi connectivity index (χ3v) is 5.94. The molecular formula is C22H34O6. The number of furan rings is 1. The molecule has 6 nitrogen and oxygen atoms in total. The van der Waals surface area contributed by atoms with Crippen LogP contribution >= 0.6 is 0 Å². The number of aryl methyl sites for hydroxylation is 2. The first-order valence-corrected chi connectivity index (χ1v) is 9.92. The third-order valence-electron chi connectivity index (χ3n) is 5.94. The van der Waals surface area contributed by atoms with E-state index in [1.54, 1.807) is 7.11 Å². The fourth-order valence-corrected chi connectivity index (χ4v) is 4.32. The average molecular weight is 395 g/mol. The number of methoxy groups -OCH3 is 1. The molecule has 1 aliphatic carbocycles. The monoisotopic (exact) mass is 394 g/mol. The molecule has 0 radical (unpaired) electrons. The maximum absolute atomic E-state index is 13.3. The number of carbonyl (C=O) groups is 1. The van der Waals surface area contributed by atoms with Gasteiger partial charge in [-0.2, -0.15) is 0 Å². The largest absolute Gasteiger partial charge is 0.466 e. The number of hydrogen-bond donors (Lipinski definition) is 1. The second-order valence-electron chi connectivity index (χ2n) is 7.69. The molecule has 0 saturated heterocycles. The molecule has 0 bridgehead atoms. The van der Waals surface area contributed by atoms with E-state index in [4.69, 9.17) is 18.6 Å². The predicted molar refractivity (Wildman–Crippen MR) is 106 cm³/mol. The van der Waals surface area contributed by atoms with Gasteiger partial charge in [-0.05, 0) is 50.0 Å². The van der Waals surface area contributed by atoms with Gasteiger partial charge in [-0.15, -0.1) is 0 Å². The van der Waals surface area contributed by atoms with Crippen LogP contribution < -0.4 is 0 Å². The van der Waals surface area contributed by atoms with E-state index in [0.717, 1.165) is 16.9 Å². The molecule has 1 heterocycles. The molecule has 28 heavy (non-hydrogen) atoms. The summed E-state index contributed by atoms with van der Waals surface area (Å²) in [6.07, 6.45) is 0.117. The molecule has 1 aromatic rings. The molecular weight excluding hydrogens is 360 g/mol. The van der Waals surface area contributed by atoms with Crippen molar-refractivity contribution in [2.45, 2.75) is 65.6 Å². The Morgan fingerprint density at radius 3 is 2.50 bits per heavy atom. The topological polar surface area (TPSA) is 78.1 Å². The van der Waals surface area contributed by atoms with Crippen LogP contribution in [0.1, 0.15) is 57.1 Å². The van der Waals surface area contributed by atoms with Crippen LogP contribution in [0.5, 0.6) is 0 Å². The Morgan fingerprint density at radius 2 is 1.96 bits per heavy atom. The number of hydrogen-bond acceptors (Lipinski definition) is 6. The minimum Gasteiger partial charge on any atom is -0.466 e. The standard InChI is InChI=1S/C22H34O6/c1-8-18-15(4)20(27-12-26-10-9-25-7)17(6)22(24,21(18)23)16(5)19-13(2)11-14(3)28-19/h11,16-17,20,24H,8-10,12H2,1-7H3/t16-,17+,20-,22-/m0/s1. The van der Waals surface area contributed by atoms with Gasteiger partial charge in [0, 0.05) is 13.0 Å². The van der Waals surface area contributed by atoms with Crippen LogP contribution in [0.15, 0.2) is 21.6 Å². The molecule has 1 aliphatic rings. The van der Waals surface area contributed by atoms with Gasteiger partial charge in [0.05, 0.1) is 25.2 Å². The molecule has 1 N–H and O–H groups in total.